The van der Waals surface area contributed by atoms with Crippen molar-refractivity contribution in [3.8, 4) is 0 Å². The molecule has 7 fully saturated rings. The maximum atomic E-state index is 13.3. The van der Waals surface area contributed by atoms with Crippen molar-refractivity contribution in [3.63, 3.8) is 0 Å². The Hall–Kier alpha value is -1.75. The van der Waals surface area contributed by atoms with Crippen LogP contribution in [0.3, 0.4) is 0 Å². The molecule has 0 N–H and O–H groups in total. The predicted octanol–water partition coefficient (Wildman–Crippen LogP) is 0.900. The van der Waals surface area contributed by atoms with Crippen LogP contribution >= 0.6 is 0 Å². The Morgan fingerprint density at radius 2 is 1.86 bits per heavy atom. The number of esters is 3. The number of carbonyl (C=O) groups is 3. The van der Waals surface area contributed by atoms with Crippen molar-refractivity contribution in [2.24, 2.45) is 35.5 Å². The van der Waals surface area contributed by atoms with Crippen molar-refractivity contribution in [1.82, 2.24) is 4.90 Å². The van der Waals surface area contributed by atoms with Crippen molar-refractivity contribution >= 4 is 17.9 Å². The number of carbonyl (C=O) groups excluding carboxylic acids is 3. The zero-order valence-corrected chi connectivity index (χ0v) is 20.6. The molecule has 0 spiro atoms. The molecule has 36 heavy (non-hydrogen) atoms. The summed E-state index contributed by atoms with van der Waals surface area (Å²) in [7, 11) is 0. The molecule has 4 aliphatic heterocycles. The zero-order valence-electron chi connectivity index (χ0n) is 20.6. The van der Waals surface area contributed by atoms with E-state index in [1.54, 1.807) is 6.92 Å². The first-order valence-corrected chi connectivity index (χ1v) is 13.7. The molecule has 4 bridgehead atoms. The molecule has 4 heterocycles. The van der Waals surface area contributed by atoms with Gasteiger partial charge in [0.15, 0.2) is 18.5 Å². The average Bonchev–Trinajstić information content (AvgIpc) is 3.65. The summed E-state index contributed by atoms with van der Waals surface area (Å²) in [5.74, 6) is -0.130. The minimum atomic E-state index is -0.868. The molecule has 0 aromatic heterocycles. The molecule has 0 radical (unpaired) electrons. The Balaban J connectivity index is 0.980. The predicted molar refractivity (Wildman–Crippen MR) is 120 cm³/mol. The normalized spacial score (nSPS) is 47.1. The van der Waals surface area contributed by atoms with E-state index in [-0.39, 0.29) is 12.6 Å². The Kier molecular flexibility index (Phi) is 5.79. The third-order valence-electron chi connectivity index (χ3n) is 9.92. The third kappa shape index (κ3) is 3.70. The molecule has 10 heteroatoms. The maximum Gasteiger partial charge on any atom is 0.320 e. The fourth-order valence-electron chi connectivity index (χ4n) is 8.55. The fraction of sp³-hybridized carbons (Fsp3) is 0.885. The monoisotopic (exact) mass is 505 g/mol. The van der Waals surface area contributed by atoms with Crippen LogP contribution in [0.15, 0.2) is 0 Å². The SMILES string of the molecule is CC(OC(=O)C1C2OC3C(OC(=O)C31)C2OC(=O)CN1CCOCC1)OC1CC2CC1C1CCCC21. The highest BCUT2D eigenvalue weighted by Gasteiger charge is 2.72. The van der Waals surface area contributed by atoms with E-state index in [0.717, 1.165) is 24.2 Å². The van der Waals surface area contributed by atoms with Crippen LogP contribution in [-0.4, -0.2) is 92.5 Å². The molecule has 4 saturated heterocycles. The van der Waals surface area contributed by atoms with Gasteiger partial charge in [0.2, 0.25) is 0 Å². The van der Waals surface area contributed by atoms with Gasteiger partial charge in [-0.05, 0) is 56.3 Å². The van der Waals surface area contributed by atoms with Gasteiger partial charge in [-0.3, -0.25) is 19.3 Å². The van der Waals surface area contributed by atoms with E-state index in [1.807, 2.05) is 4.90 Å². The summed E-state index contributed by atoms with van der Waals surface area (Å²) >= 11 is 0. The summed E-state index contributed by atoms with van der Waals surface area (Å²) in [5, 5.41) is 0. The highest BCUT2D eigenvalue weighted by molar-refractivity contribution is 5.87. The second-order valence-electron chi connectivity index (χ2n) is 11.7. The Labute approximate surface area is 210 Å². The first-order chi connectivity index (χ1) is 17.5. The summed E-state index contributed by atoms with van der Waals surface area (Å²) in [6.45, 7) is 4.32. The fourth-order valence-corrected chi connectivity index (χ4v) is 8.55. The summed E-state index contributed by atoms with van der Waals surface area (Å²) in [6, 6.07) is 0. The molecule has 12 atom stereocenters. The van der Waals surface area contributed by atoms with Crippen LogP contribution in [-0.2, 0) is 42.8 Å². The zero-order chi connectivity index (χ0) is 24.6. The van der Waals surface area contributed by atoms with E-state index < -0.39 is 60.4 Å². The van der Waals surface area contributed by atoms with E-state index in [1.165, 1.54) is 25.7 Å². The van der Waals surface area contributed by atoms with Gasteiger partial charge in [0.1, 0.15) is 24.0 Å². The van der Waals surface area contributed by atoms with Gasteiger partial charge in [-0.15, -0.1) is 0 Å². The van der Waals surface area contributed by atoms with Gasteiger partial charge < -0.3 is 28.4 Å². The molecule has 3 saturated carbocycles. The topological polar surface area (TPSA) is 110 Å². The molecule has 10 nitrogen and oxygen atoms in total. The number of rotatable bonds is 7. The number of morpholine rings is 1. The van der Waals surface area contributed by atoms with E-state index in [4.69, 9.17) is 28.4 Å². The lowest BCUT2D eigenvalue weighted by atomic mass is 9.78. The first-order valence-electron chi connectivity index (χ1n) is 13.7. The summed E-state index contributed by atoms with van der Waals surface area (Å²) in [6.07, 6.45) is 2.81. The van der Waals surface area contributed by atoms with Gasteiger partial charge in [-0.1, -0.05) is 6.42 Å². The molecule has 0 aromatic rings. The molecule has 12 unspecified atom stereocenters. The third-order valence-corrected chi connectivity index (χ3v) is 9.92. The number of hydrogen-bond donors (Lipinski definition) is 0. The van der Waals surface area contributed by atoms with Crippen LogP contribution in [0.1, 0.15) is 39.0 Å². The van der Waals surface area contributed by atoms with E-state index in [9.17, 15) is 14.4 Å². The van der Waals surface area contributed by atoms with Gasteiger partial charge in [0.05, 0.1) is 25.9 Å². The van der Waals surface area contributed by atoms with Crippen molar-refractivity contribution in [1.29, 1.82) is 0 Å². The van der Waals surface area contributed by atoms with Crippen molar-refractivity contribution in [2.75, 3.05) is 32.8 Å². The molecular formula is C26H35NO9. The highest BCUT2D eigenvalue weighted by Crippen LogP contribution is 2.59. The van der Waals surface area contributed by atoms with Gasteiger partial charge in [-0.25, -0.2) is 0 Å². The molecule has 3 aliphatic carbocycles. The Bertz CT molecular complexity index is 921. The molecule has 7 rings (SSSR count). The van der Waals surface area contributed by atoms with Gasteiger partial charge in [0.25, 0.3) is 0 Å². The summed E-state index contributed by atoms with van der Waals surface area (Å²) in [4.78, 5) is 40.5. The minimum absolute atomic E-state index is 0.118. The van der Waals surface area contributed by atoms with Gasteiger partial charge in [0, 0.05) is 13.1 Å². The summed E-state index contributed by atoms with van der Waals surface area (Å²) < 4.78 is 34.5. The van der Waals surface area contributed by atoms with Gasteiger partial charge >= 0.3 is 17.9 Å². The summed E-state index contributed by atoms with van der Waals surface area (Å²) in [5.41, 5.74) is 0. The molecule has 0 aromatic carbocycles. The van der Waals surface area contributed by atoms with Crippen LogP contribution in [0.2, 0.25) is 0 Å². The standard InChI is InChI=1S/C26H35NO9/c1-12(32-17-10-13-9-16(17)15-4-2-3-14(13)15)33-25(29)19-20-22-24(36-26(20)30)23(21(19)35-22)34-18(28)11-27-5-7-31-8-6-27/h12-17,19-24H,2-11H2,1H3. The lowest BCUT2D eigenvalue weighted by molar-refractivity contribution is -0.200. The quantitative estimate of drug-likeness (QED) is 0.281. The molecule has 0 amide bonds. The Morgan fingerprint density at radius 1 is 1.06 bits per heavy atom. The van der Waals surface area contributed by atoms with Crippen molar-refractivity contribution < 1.29 is 42.8 Å². The smallest absolute Gasteiger partial charge is 0.320 e. The highest BCUT2D eigenvalue weighted by atomic mass is 16.7. The average molecular weight is 506 g/mol. The van der Waals surface area contributed by atoms with Crippen LogP contribution in [0, 0.1) is 35.5 Å². The first kappa shape index (κ1) is 23.4. The number of fused-ring (bicyclic) bond motifs is 6. The Morgan fingerprint density at radius 3 is 2.69 bits per heavy atom. The number of nitrogens with zero attached hydrogens (tertiary/aromatic N) is 1. The maximum absolute atomic E-state index is 13.3. The molecular weight excluding hydrogens is 470 g/mol. The van der Waals surface area contributed by atoms with E-state index in [0.29, 0.717) is 32.2 Å². The largest absolute Gasteiger partial charge is 0.455 e. The number of hydrogen-bond acceptors (Lipinski definition) is 10. The van der Waals surface area contributed by atoms with Crippen LogP contribution < -0.4 is 0 Å². The second kappa shape index (κ2) is 8.92. The molecule has 7 aliphatic rings. The lowest BCUT2D eigenvalue weighted by Crippen LogP contribution is -2.49. The van der Waals surface area contributed by atoms with Crippen LogP contribution in [0.5, 0.6) is 0 Å². The lowest BCUT2D eigenvalue weighted by Gasteiger charge is -2.33. The van der Waals surface area contributed by atoms with Crippen molar-refractivity contribution in [3.05, 3.63) is 0 Å². The number of ether oxygens (including phenoxy) is 6. The van der Waals surface area contributed by atoms with Crippen LogP contribution in [0.4, 0.5) is 0 Å². The van der Waals surface area contributed by atoms with Crippen molar-refractivity contribution in [2.45, 2.75) is 75.8 Å². The van der Waals surface area contributed by atoms with E-state index >= 15 is 0 Å². The van der Waals surface area contributed by atoms with Gasteiger partial charge in [-0.2, -0.15) is 0 Å². The second-order valence-corrected chi connectivity index (χ2v) is 11.7. The van der Waals surface area contributed by atoms with Crippen LogP contribution in [0.25, 0.3) is 0 Å². The van der Waals surface area contributed by atoms with E-state index in [2.05, 4.69) is 0 Å². The molecule has 198 valence electrons. The minimum Gasteiger partial charge on any atom is -0.455 e.